The first-order valence-electron chi connectivity index (χ1n) is 6.88. The van der Waals surface area contributed by atoms with E-state index in [1.807, 2.05) is 14.0 Å². The molecular formula is C13H23N3O2. The molecule has 2 aliphatic rings. The van der Waals surface area contributed by atoms with E-state index in [4.69, 9.17) is 0 Å². The second kappa shape index (κ2) is 5.69. The van der Waals surface area contributed by atoms with Crippen molar-refractivity contribution in [1.29, 1.82) is 0 Å². The van der Waals surface area contributed by atoms with Crippen molar-refractivity contribution >= 4 is 11.8 Å². The average Bonchev–Trinajstić information content (AvgIpc) is 3.16. The van der Waals surface area contributed by atoms with Crippen molar-refractivity contribution in [3.05, 3.63) is 0 Å². The zero-order chi connectivity index (χ0) is 13.1. The summed E-state index contributed by atoms with van der Waals surface area (Å²) in [5.74, 6) is 0.859. The van der Waals surface area contributed by atoms with Crippen LogP contribution in [0.4, 0.5) is 0 Å². The van der Waals surface area contributed by atoms with Gasteiger partial charge in [0.05, 0.1) is 13.1 Å². The van der Waals surface area contributed by atoms with Crippen LogP contribution in [0.5, 0.6) is 0 Å². The molecule has 2 fully saturated rings. The number of nitrogens with one attached hydrogen (secondary N) is 1. The number of nitrogens with zero attached hydrogens (tertiary/aromatic N) is 2. The minimum Gasteiger partial charge on any atom is -0.332 e. The number of carbonyl (C=O) groups is 2. The van der Waals surface area contributed by atoms with Gasteiger partial charge in [-0.05, 0) is 32.2 Å². The summed E-state index contributed by atoms with van der Waals surface area (Å²) in [6.45, 7) is 3.90. The standard InChI is InChI=1S/C13H23N3O2/c1-3-6-15-8-13(18)16(9-12(15)17)7-11(14-2)10-4-5-10/h10-11,14H,3-9H2,1-2H3. The third kappa shape index (κ3) is 3.02. The van der Waals surface area contributed by atoms with Crippen molar-refractivity contribution in [2.75, 3.05) is 33.2 Å². The minimum atomic E-state index is 0.0853. The maximum atomic E-state index is 12.0. The molecular weight excluding hydrogens is 230 g/mol. The molecule has 0 radical (unpaired) electrons. The summed E-state index contributed by atoms with van der Waals surface area (Å²) < 4.78 is 0. The van der Waals surface area contributed by atoms with Gasteiger partial charge in [0.25, 0.3) is 0 Å². The van der Waals surface area contributed by atoms with Gasteiger partial charge in [-0.15, -0.1) is 0 Å². The van der Waals surface area contributed by atoms with Gasteiger partial charge in [-0.25, -0.2) is 0 Å². The van der Waals surface area contributed by atoms with Crippen molar-refractivity contribution in [2.45, 2.75) is 32.2 Å². The third-order valence-electron chi connectivity index (χ3n) is 3.83. The Kier molecular flexibility index (Phi) is 4.22. The molecule has 1 saturated carbocycles. The maximum Gasteiger partial charge on any atom is 0.242 e. The number of piperazine rings is 1. The normalized spacial score (nSPS) is 22.6. The summed E-state index contributed by atoms with van der Waals surface area (Å²) in [6.07, 6.45) is 3.38. The van der Waals surface area contributed by atoms with Crippen LogP contribution >= 0.6 is 0 Å². The number of likely N-dealkylation sites (N-methyl/N-ethyl adjacent to an activating group) is 1. The molecule has 2 rings (SSSR count). The Morgan fingerprint density at radius 1 is 1.22 bits per heavy atom. The lowest BCUT2D eigenvalue weighted by Crippen LogP contribution is -2.56. The van der Waals surface area contributed by atoms with Crippen LogP contribution in [-0.2, 0) is 9.59 Å². The summed E-state index contributed by atoms with van der Waals surface area (Å²) in [4.78, 5) is 27.3. The number of rotatable bonds is 6. The Morgan fingerprint density at radius 3 is 2.39 bits per heavy atom. The Bertz CT molecular complexity index is 328. The Balaban J connectivity index is 1.90. The zero-order valence-electron chi connectivity index (χ0n) is 11.3. The maximum absolute atomic E-state index is 12.0. The van der Waals surface area contributed by atoms with E-state index in [0.717, 1.165) is 6.42 Å². The molecule has 1 saturated heterocycles. The van der Waals surface area contributed by atoms with Gasteiger partial charge in [0.1, 0.15) is 0 Å². The molecule has 1 heterocycles. The second-order valence-electron chi connectivity index (χ2n) is 5.32. The fourth-order valence-corrected chi connectivity index (χ4v) is 2.56. The van der Waals surface area contributed by atoms with E-state index in [-0.39, 0.29) is 24.9 Å². The van der Waals surface area contributed by atoms with Gasteiger partial charge >= 0.3 is 0 Å². The molecule has 0 aromatic carbocycles. The summed E-state index contributed by atoms with van der Waals surface area (Å²) >= 11 is 0. The van der Waals surface area contributed by atoms with E-state index in [1.165, 1.54) is 12.8 Å². The Morgan fingerprint density at radius 2 is 1.83 bits per heavy atom. The molecule has 0 aromatic rings. The highest BCUT2D eigenvalue weighted by Crippen LogP contribution is 2.32. The predicted molar refractivity (Wildman–Crippen MR) is 69.0 cm³/mol. The van der Waals surface area contributed by atoms with E-state index in [1.54, 1.807) is 9.80 Å². The number of amides is 2. The highest BCUT2D eigenvalue weighted by atomic mass is 16.2. The molecule has 0 aromatic heterocycles. The summed E-state index contributed by atoms with van der Waals surface area (Å²) in [5, 5.41) is 3.26. The number of hydrogen-bond donors (Lipinski definition) is 1. The van der Waals surface area contributed by atoms with Crippen LogP contribution < -0.4 is 5.32 Å². The quantitative estimate of drug-likeness (QED) is 0.728. The molecule has 1 aliphatic carbocycles. The van der Waals surface area contributed by atoms with Crippen molar-refractivity contribution in [1.82, 2.24) is 15.1 Å². The van der Waals surface area contributed by atoms with E-state index in [9.17, 15) is 9.59 Å². The lowest BCUT2D eigenvalue weighted by Gasteiger charge is -2.35. The summed E-state index contributed by atoms with van der Waals surface area (Å²) in [7, 11) is 1.93. The highest BCUT2D eigenvalue weighted by molar-refractivity contribution is 5.92. The monoisotopic (exact) mass is 253 g/mol. The van der Waals surface area contributed by atoms with Crippen LogP contribution in [0.3, 0.4) is 0 Å². The molecule has 1 unspecified atom stereocenters. The van der Waals surface area contributed by atoms with Gasteiger partial charge in [0.15, 0.2) is 0 Å². The van der Waals surface area contributed by atoms with E-state index < -0.39 is 0 Å². The summed E-state index contributed by atoms with van der Waals surface area (Å²) in [5.41, 5.74) is 0. The summed E-state index contributed by atoms with van der Waals surface area (Å²) in [6, 6.07) is 0.347. The molecule has 18 heavy (non-hydrogen) atoms. The SMILES string of the molecule is CCCN1CC(=O)N(CC(NC)C2CC2)CC1=O. The Hall–Kier alpha value is -1.10. The van der Waals surface area contributed by atoms with Gasteiger partial charge in [0.2, 0.25) is 11.8 Å². The average molecular weight is 253 g/mol. The van der Waals surface area contributed by atoms with Crippen LogP contribution in [0.25, 0.3) is 0 Å². The molecule has 2 amide bonds. The fourth-order valence-electron chi connectivity index (χ4n) is 2.56. The van der Waals surface area contributed by atoms with Crippen molar-refractivity contribution in [3.8, 4) is 0 Å². The van der Waals surface area contributed by atoms with Gasteiger partial charge < -0.3 is 15.1 Å². The van der Waals surface area contributed by atoms with Crippen LogP contribution in [0.2, 0.25) is 0 Å². The predicted octanol–water partition coefficient (Wildman–Crippen LogP) is 0.0652. The van der Waals surface area contributed by atoms with Gasteiger partial charge in [0, 0.05) is 19.1 Å². The molecule has 1 aliphatic heterocycles. The van der Waals surface area contributed by atoms with E-state index >= 15 is 0 Å². The molecule has 0 bridgehead atoms. The largest absolute Gasteiger partial charge is 0.332 e. The van der Waals surface area contributed by atoms with Crippen molar-refractivity contribution in [3.63, 3.8) is 0 Å². The molecule has 1 atom stereocenters. The van der Waals surface area contributed by atoms with E-state index in [0.29, 0.717) is 25.0 Å². The van der Waals surface area contributed by atoms with Crippen LogP contribution in [0.15, 0.2) is 0 Å². The molecule has 5 heteroatoms. The highest BCUT2D eigenvalue weighted by Gasteiger charge is 2.35. The molecule has 0 spiro atoms. The minimum absolute atomic E-state index is 0.0853. The lowest BCUT2D eigenvalue weighted by atomic mass is 10.1. The lowest BCUT2D eigenvalue weighted by molar-refractivity contribution is -0.150. The molecule has 5 nitrogen and oxygen atoms in total. The fraction of sp³-hybridized carbons (Fsp3) is 0.846. The van der Waals surface area contributed by atoms with Gasteiger partial charge in [-0.1, -0.05) is 6.92 Å². The molecule has 102 valence electrons. The van der Waals surface area contributed by atoms with Crippen molar-refractivity contribution < 1.29 is 9.59 Å². The third-order valence-corrected chi connectivity index (χ3v) is 3.83. The van der Waals surface area contributed by atoms with Crippen molar-refractivity contribution in [2.24, 2.45) is 5.92 Å². The van der Waals surface area contributed by atoms with Gasteiger partial charge in [-0.3, -0.25) is 9.59 Å². The number of carbonyl (C=O) groups excluding carboxylic acids is 2. The second-order valence-corrected chi connectivity index (χ2v) is 5.32. The topological polar surface area (TPSA) is 52.7 Å². The van der Waals surface area contributed by atoms with Gasteiger partial charge in [-0.2, -0.15) is 0 Å². The van der Waals surface area contributed by atoms with Crippen LogP contribution in [0.1, 0.15) is 26.2 Å². The number of hydrogen-bond acceptors (Lipinski definition) is 3. The van der Waals surface area contributed by atoms with Crippen LogP contribution in [-0.4, -0.2) is 60.9 Å². The van der Waals surface area contributed by atoms with Crippen LogP contribution in [0, 0.1) is 5.92 Å². The van der Waals surface area contributed by atoms with E-state index in [2.05, 4.69) is 5.32 Å². The zero-order valence-corrected chi connectivity index (χ0v) is 11.3. The Labute approximate surface area is 108 Å². The first kappa shape index (κ1) is 13.3. The first-order valence-corrected chi connectivity index (χ1v) is 6.88. The molecule has 1 N–H and O–H groups in total. The smallest absolute Gasteiger partial charge is 0.242 e. The first-order chi connectivity index (χ1) is 8.65.